The summed E-state index contributed by atoms with van der Waals surface area (Å²) in [5, 5.41) is 26.8. The van der Waals surface area contributed by atoms with E-state index < -0.39 is 58.5 Å². The third kappa shape index (κ3) is 19.4. The lowest BCUT2D eigenvalue weighted by atomic mass is 10.0. The molecule has 4 aliphatic heterocycles. The second-order valence-corrected chi connectivity index (χ2v) is 33.0. The van der Waals surface area contributed by atoms with Crippen LogP contribution in [0.25, 0.3) is 134 Å². The largest absolute Gasteiger partial charge is 0.478 e. The van der Waals surface area contributed by atoms with Crippen LogP contribution in [0.1, 0.15) is 133 Å². The fourth-order valence-corrected chi connectivity index (χ4v) is 16.2. The molecule has 0 aliphatic carbocycles. The standard InChI is InChI=1S/C24H19ClF2N4O3.C23H17ClF2N4O3.C23H17ClF2N4O2.C22H16BrClF2N4O/c1-33-24(32)13-8-21-20(28-11-13)6-5-19(29-21)15-12-31(22-4-2-3-7-34-22)30-23(15)14-9-16(25)18(27)10-17(14)26;24-15-8-13(16(25)9-17(15)26)22-14(11-30(29-22)21-3-1-2-6-33-21)18-4-5-19-20(28-18)7-12(10-27-19)23(31)32;24-16-8-14(17(25)9-18(16)26)23-15(11-30(29-23)22-3-1-2-6-32-22)19-4-5-20-21(28-19)7-13(12-31)10-27-20;23-12-7-20-19(27-10-12)5-4-18(28-20)14-11-30(21-3-1-2-6-31-21)29-22(14)13-8-15(24)17(26)9-16(13)25/h5-6,8-12,22H,2-4,7H2,1H3;4-5,7-11,21H,1-3,6H2,(H,31,32);4-5,7-12,22H,1-3,6H2;4-5,7-11,21H,1-3,6H2. The Balaban J connectivity index is 0.000000122. The van der Waals surface area contributed by atoms with Gasteiger partial charge in [0, 0.05) is 155 Å². The number of aromatic nitrogens is 16. The van der Waals surface area contributed by atoms with Gasteiger partial charge in [0.05, 0.1) is 105 Å². The fourth-order valence-electron chi connectivity index (χ4n) is 15.3. The fraction of sp³-hybridized carbons (Fsp3) is 0.228. The highest BCUT2D eigenvalue weighted by Gasteiger charge is 2.31. The highest BCUT2D eigenvalue weighted by molar-refractivity contribution is 9.10. The number of nitrogens with zero attached hydrogens (tertiary/aromatic N) is 16. The average Bonchev–Trinajstić information content (AvgIpc) is 1.61. The van der Waals surface area contributed by atoms with E-state index >= 15 is 0 Å². The van der Waals surface area contributed by atoms with E-state index in [2.05, 4.69) is 71.2 Å². The van der Waals surface area contributed by atoms with Crippen molar-refractivity contribution in [2.45, 2.75) is 102 Å². The van der Waals surface area contributed by atoms with Gasteiger partial charge in [-0.05, 0) is 190 Å². The number of methoxy groups -OCH3 is 1. The van der Waals surface area contributed by atoms with Crippen molar-refractivity contribution >= 4 is 125 Å². The van der Waals surface area contributed by atoms with Crippen molar-refractivity contribution < 1.29 is 78.3 Å². The Morgan fingerprint density at radius 2 is 0.669 bits per heavy atom. The molecule has 38 heteroatoms. The van der Waals surface area contributed by atoms with Crippen LogP contribution in [0.4, 0.5) is 35.1 Å². The zero-order chi connectivity index (χ0) is 90.7. The number of aromatic carboxylic acids is 1. The second-order valence-electron chi connectivity index (χ2n) is 30.5. The maximum absolute atomic E-state index is 14.8. The Labute approximate surface area is 761 Å². The topological polar surface area (TPSA) is 292 Å². The third-order valence-electron chi connectivity index (χ3n) is 21.8. The van der Waals surface area contributed by atoms with Crippen molar-refractivity contribution in [3.63, 3.8) is 0 Å². The molecule has 25 nitrogen and oxygen atoms in total. The lowest BCUT2D eigenvalue weighted by molar-refractivity contribution is -0.0394. The number of halogens is 13. The predicted octanol–water partition coefficient (Wildman–Crippen LogP) is 23.2. The molecule has 0 amide bonds. The van der Waals surface area contributed by atoms with Crippen LogP contribution in [0.3, 0.4) is 0 Å². The normalized spacial score (nSPS) is 16.4. The van der Waals surface area contributed by atoms with Gasteiger partial charge < -0.3 is 28.8 Å². The summed E-state index contributed by atoms with van der Waals surface area (Å²) in [6, 6.07) is 28.3. The number of carboxylic acids is 1. The third-order valence-corrected chi connectivity index (χ3v) is 23.4. The van der Waals surface area contributed by atoms with Crippen LogP contribution in [0.2, 0.25) is 20.1 Å². The van der Waals surface area contributed by atoms with E-state index in [0.29, 0.717) is 134 Å². The summed E-state index contributed by atoms with van der Waals surface area (Å²) in [5.74, 6) is -8.19. The van der Waals surface area contributed by atoms with E-state index in [1.165, 1.54) is 56.0 Å². The molecule has 0 bridgehead atoms. The van der Waals surface area contributed by atoms with Gasteiger partial charge in [-0.2, -0.15) is 20.4 Å². The first kappa shape index (κ1) is 89.5. The number of carbonyl (C=O) groups excluding carboxylic acids is 2. The Hall–Kier alpha value is -12.5. The molecule has 0 spiro atoms. The van der Waals surface area contributed by atoms with E-state index in [0.717, 1.165) is 105 Å². The first-order chi connectivity index (χ1) is 62.9. The van der Waals surface area contributed by atoms with Crippen molar-refractivity contribution in [2.75, 3.05) is 33.5 Å². The molecular formula is C92H69BrCl4F8N16O9. The summed E-state index contributed by atoms with van der Waals surface area (Å²) in [7, 11) is 1.28. The van der Waals surface area contributed by atoms with Gasteiger partial charge in [-0.25, -0.2) is 83.4 Å². The Kier molecular flexibility index (Phi) is 26.9. The highest BCUT2D eigenvalue weighted by atomic mass is 79.9. The molecule has 4 aliphatic rings. The van der Waals surface area contributed by atoms with Gasteiger partial charge in [0.25, 0.3) is 0 Å². The molecule has 130 heavy (non-hydrogen) atoms. The molecule has 4 saturated heterocycles. The van der Waals surface area contributed by atoms with E-state index in [4.69, 9.17) is 75.1 Å². The average molecular weight is 1920 g/mol. The zero-order valence-electron chi connectivity index (χ0n) is 68.1. The summed E-state index contributed by atoms with van der Waals surface area (Å²) < 4.78 is 150. The first-order valence-electron chi connectivity index (χ1n) is 40.8. The molecule has 16 aromatic rings. The smallest absolute Gasteiger partial charge is 0.339 e. The van der Waals surface area contributed by atoms with E-state index in [1.54, 1.807) is 104 Å². The predicted molar refractivity (Wildman–Crippen MR) is 471 cm³/mol. The lowest BCUT2D eigenvalue weighted by Crippen LogP contribution is -2.18. The number of carboxylic acid groups (broad SMARTS) is 1. The molecule has 4 atom stereocenters. The van der Waals surface area contributed by atoms with Crippen LogP contribution < -0.4 is 0 Å². The molecule has 0 radical (unpaired) electrons. The molecule has 4 unspecified atom stereocenters. The van der Waals surface area contributed by atoms with Crippen LogP contribution >= 0.6 is 62.3 Å². The van der Waals surface area contributed by atoms with Gasteiger partial charge in [-0.1, -0.05) is 46.4 Å². The Morgan fingerprint density at radius 1 is 0.377 bits per heavy atom. The van der Waals surface area contributed by atoms with Gasteiger partial charge in [-0.3, -0.25) is 24.7 Å². The molecule has 16 heterocycles. The van der Waals surface area contributed by atoms with Gasteiger partial charge in [-0.15, -0.1) is 0 Å². The van der Waals surface area contributed by atoms with E-state index in [-0.39, 0.29) is 95.5 Å². The number of pyridine rings is 8. The minimum Gasteiger partial charge on any atom is -0.478 e. The Morgan fingerprint density at radius 3 is 0.969 bits per heavy atom. The quantitative estimate of drug-likeness (QED) is 0.0432. The molecule has 4 aromatic carbocycles. The molecule has 0 saturated carbocycles. The number of fused-ring (bicyclic) bond motifs is 4. The monoisotopic (exact) mass is 1910 g/mol. The number of ether oxygens (including phenoxy) is 5. The number of esters is 1. The first-order valence-corrected chi connectivity index (χ1v) is 43.1. The number of benzene rings is 4. The SMILES string of the molecule is COC(=O)c1cnc2ccc(-c3cn(C4CCCCO4)nc3-c3cc(Cl)c(F)cc3F)nc2c1.Fc1cc(F)c(-c2nn(C3CCCCO3)cc2-c2ccc3ncc(Br)cc3n2)cc1Cl.O=C(O)c1cnc2ccc(-c3cn(C4CCCCO4)nc3-c3cc(Cl)c(F)cc3F)nc2c1.O=Cc1cnc2ccc(-c3cn(C4CCCCO4)nc3-c3cc(Cl)c(F)cc3F)nc2c1. The highest BCUT2D eigenvalue weighted by Crippen LogP contribution is 2.43. The van der Waals surface area contributed by atoms with Crippen LogP contribution in [0.15, 0.2) is 175 Å². The van der Waals surface area contributed by atoms with Crippen LogP contribution in [-0.4, -0.2) is 136 Å². The number of hydrogen-bond acceptors (Lipinski definition) is 20. The van der Waals surface area contributed by atoms with Crippen LogP contribution in [0.5, 0.6) is 0 Å². The summed E-state index contributed by atoms with van der Waals surface area (Å²) in [4.78, 5) is 69.9. The van der Waals surface area contributed by atoms with Crippen molar-refractivity contribution in [2.24, 2.45) is 0 Å². The Bertz CT molecular complexity index is 7070. The number of rotatable bonds is 15. The molecule has 4 fully saturated rings. The maximum atomic E-state index is 14.8. The molecule has 20 rings (SSSR count). The van der Waals surface area contributed by atoms with Gasteiger partial charge >= 0.3 is 11.9 Å². The number of hydrogen-bond donors (Lipinski definition) is 1. The summed E-state index contributed by atoms with van der Waals surface area (Å²) in [5.41, 5.74) is 10.4. The van der Waals surface area contributed by atoms with Gasteiger partial charge in [0.15, 0.2) is 6.29 Å². The van der Waals surface area contributed by atoms with Crippen molar-refractivity contribution in [1.82, 2.24) is 79.0 Å². The van der Waals surface area contributed by atoms with Crippen LogP contribution in [-0.2, 0) is 23.7 Å². The minimum absolute atomic E-state index is 0.00460. The molecule has 662 valence electrons. The molecular weight excluding hydrogens is 1850 g/mol. The van der Waals surface area contributed by atoms with Gasteiger partial charge in [0.1, 0.15) is 94.2 Å². The molecule has 1 N–H and O–H groups in total. The van der Waals surface area contributed by atoms with Crippen LogP contribution in [0, 0.1) is 46.5 Å². The summed E-state index contributed by atoms with van der Waals surface area (Å²) >= 11 is 27.2. The van der Waals surface area contributed by atoms with E-state index in [1.807, 2.05) is 12.1 Å². The number of aldehydes is 1. The molecule has 12 aromatic heterocycles. The lowest BCUT2D eigenvalue weighted by Gasteiger charge is -2.22. The minimum atomic E-state index is -1.12. The van der Waals surface area contributed by atoms with Crippen molar-refractivity contribution in [3.05, 3.63) is 259 Å². The second kappa shape index (κ2) is 39.0. The van der Waals surface area contributed by atoms with Crippen molar-refractivity contribution in [1.29, 1.82) is 0 Å². The van der Waals surface area contributed by atoms with Gasteiger partial charge in [0.2, 0.25) is 0 Å². The maximum Gasteiger partial charge on any atom is 0.339 e. The summed E-state index contributed by atoms with van der Waals surface area (Å²) in [6.07, 6.45) is 23.2. The zero-order valence-corrected chi connectivity index (χ0v) is 72.8. The van der Waals surface area contributed by atoms with E-state index in [9.17, 15) is 54.6 Å². The number of carbonyl (C=O) groups is 3. The summed E-state index contributed by atoms with van der Waals surface area (Å²) in [6.45, 7) is 2.44. The van der Waals surface area contributed by atoms with Crippen molar-refractivity contribution in [3.8, 4) is 90.1 Å².